The summed E-state index contributed by atoms with van der Waals surface area (Å²) in [5, 5.41) is 0. The van der Waals surface area contributed by atoms with Crippen molar-refractivity contribution in [2.45, 2.75) is 51.1 Å². The van der Waals surface area contributed by atoms with Crippen LogP contribution in [0, 0.1) is 0 Å². The summed E-state index contributed by atoms with van der Waals surface area (Å²) in [6.07, 6.45) is 5.03. The Morgan fingerprint density at radius 2 is 1.88 bits per heavy atom. The maximum absolute atomic E-state index is 6.37. The molecule has 1 spiro atoms. The highest BCUT2D eigenvalue weighted by Gasteiger charge is 2.47. The maximum Gasteiger partial charge on any atom is 0.0385 e. The molecule has 1 atom stereocenters. The molecule has 94 valence electrons. The van der Waals surface area contributed by atoms with Crippen LogP contribution in [0.15, 0.2) is 0 Å². The number of nitrogens with two attached hydrogens (primary N) is 1. The molecule has 0 aliphatic carbocycles. The van der Waals surface area contributed by atoms with E-state index in [1.54, 1.807) is 0 Å². The fourth-order valence-corrected chi connectivity index (χ4v) is 3.66. The van der Waals surface area contributed by atoms with Crippen LogP contribution in [0.2, 0.25) is 0 Å². The predicted octanol–water partition coefficient (Wildman–Crippen LogP) is 1.28. The highest BCUT2D eigenvalue weighted by molar-refractivity contribution is 5.06. The Hall–Kier alpha value is -0.120. The first-order chi connectivity index (χ1) is 7.73. The lowest BCUT2D eigenvalue weighted by Crippen LogP contribution is -2.59. The van der Waals surface area contributed by atoms with Crippen LogP contribution in [0.4, 0.5) is 0 Å². The molecule has 2 aliphatic heterocycles. The zero-order valence-corrected chi connectivity index (χ0v) is 10.9. The lowest BCUT2D eigenvalue weighted by Gasteiger charge is -2.47. The molecule has 0 bridgehead atoms. The van der Waals surface area contributed by atoms with E-state index in [1.165, 1.54) is 58.4 Å². The van der Waals surface area contributed by atoms with Crippen molar-refractivity contribution in [2.24, 2.45) is 5.73 Å². The summed E-state index contributed by atoms with van der Waals surface area (Å²) >= 11 is 0. The van der Waals surface area contributed by atoms with Crippen LogP contribution in [-0.2, 0) is 0 Å². The fourth-order valence-electron chi connectivity index (χ4n) is 3.66. The van der Waals surface area contributed by atoms with Crippen molar-refractivity contribution in [2.75, 3.05) is 32.7 Å². The van der Waals surface area contributed by atoms with Crippen molar-refractivity contribution in [3.63, 3.8) is 0 Å². The van der Waals surface area contributed by atoms with Crippen LogP contribution in [0.25, 0.3) is 0 Å². The van der Waals surface area contributed by atoms with Gasteiger partial charge in [0.15, 0.2) is 0 Å². The van der Waals surface area contributed by atoms with Crippen molar-refractivity contribution in [3.05, 3.63) is 0 Å². The smallest absolute Gasteiger partial charge is 0.0385 e. The molecule has 2 fully saturated rings. The molecule has 0 aromatic heterocycles. The van der Waals surface area contributed by atoms with Gasteiger partial charge in [0, 0.05) is 18.1 Å². The van der Waals surface area contributed by atoms with E-state index in [4.69, 9.17) is 5.73 Å². The third kappa shape index (κ3) is 2.01. The molecule has 1 unspecified atom stereocenters. The van der Waals surface area contributed by atoms with Crippen molar-refractivity contribution >= 4 is 0 Å². The monoisotopic (exact) mass is 225 g/mol. The van der Waals surface area contributed by atoms with E-state index in [1.807, 2.05) is 0 Å². The van der Waals surface area contributed by atoms with Crippen LogP contribution in [0.1, 0.15) is 39.5 Å². The zero-order chi connectivity index (χ0) is 11.6. The van der Waals surface area contributed by atoms with E-state index < -0.39 is 0 Å². The molecule has 2 rings (SSSR count). The largest absolute Gasteiger partial charge is 0.326 e. The highest BCUT2D eigenvalue weighted by Crippen LogP contribution is 2.37. The topological polar surface area (TPSA) is 32.5 Å². The number of nitrogens with zero attached hydrogens (tertiary/aromatic N) is 2. The molecule has 0 aromatic rings. The lowest BCUT2D eigenvalue weighted by atomic mass is 9.81. The van der Waals surface area contributed by atoms with Crippen molar-refractivity contribution in [3.8, 4) is 0 Å². The second-order valence-corrected chi connectivity index (χ2v) is 5.42. The Morgan fingerprint density at radius 1 is 1.19 bits per heavy atom. The van der Waals surface area contributed by atoms with Crippen LogP contribution in [0.3, 0.4) is 0 Å². The lowest BCUT2D eigenvalue weighted by molar-refractivity contribution is 0.0472. The van der Waals surface area contributed by atoms with E-state index >= 15 is 0 Å². The summed E-state index contributed by atoms with van der Waals surface area (Å²) in [4.78, 5) is 5.24. The summed E-state index contributed by atoms with van der Waals surface area (Å²) in [5.74, 6) is 0. The average Bonchev–Trinajstić information content (AvgIpc) is 2.60. The van der Waals surface area contributed by atoms with E-state index in [9.17, 15) is 0 Å². The molecule has 3 nitrogen and oxygen atoms in total. The number of hydrogen-bond acceptors (Lipinski definition) is 3. The molecule has 2 heterocycles. The van der Waals surface area contributed by atoms with Gasteiger partial charge in [-0.05, 0) is 51.9 Å². The Morgan fingerprint density at radius 3 is 2.44 bits per heavy atom. The van der Waals surface area contributed by atoms with Gasteiger partial charge < -0.3 is 10.6 Å². The van der Waals surface area contributed by atoms with Crippen LogP contribution in [0.5, 0.6) is 0 Å². The Kier molecular flexibility index (Phi) is 3.88. The highest BCUT2D eigenvalue weighted by atomic mass is 15.3. The molecule has 0 amide bonds. The molecule has 3 heteroatoms. The third-order valence-electron chi connectivity index (χ3n) is 4.67. The van der Waals surface area contributed by atoms with Gasteiger partial charge in [-0.2, -0.15) is 0 Å². The summed E-state index contributed by atoms with van der Waals surface area (Å²) in [5.41, 5.74) is 6.72. The normalized spacial score (nSPS) is 31.3. The first-order valence-electron chi connectivity index (χ1n) is 6.96. The number of piperidine rings is 1. The molecule has 2 aliphatic rings. The molecule has 16 heavy (non-hydrogen) atoms. The average molecular weight is 225 g/mol. The van der Waals surface area contributed by atoms with Gasteiger partial charge in [0.05, 0.1) is 0 Å². The van der Waals surface area contributed by atoms with Gasteiger partial charge in [-0.15, -0.1) is 0 Å². The minimum Gasteiger partial charge on any atom is -0.326 e. The summed E-state index contributed by atoms with van der Waals surface area (Å²) < 4.78 is 0. The van der Waals surface area contributed by atoms with E-state index in [-0.39, 0.29) is 0 Å². The molecular formula is C13H27N3. The SMILES string of the molecule is CCCN1CCC2(CC1)C(N)CCN2CC. The Bertz CT molecular complexity index is 221. The quantitative estimate of drug-likeness (QED) is 0.785. The number of likely N-dealkylation sites (tertiary alicyclic amines) is 2. The second-order valence-electron chi connectivity index (χ2n) is 5.42. The first-order valence-corrected chi connectivity index (χ1v) is 6.96. The second kappa shape index (κ2) is 5.03. The summed E-state index contributed by atoms with van der Waals surface area (Å²) in [6, 6.07) is 0.413. The molecule has 0 saturated carbocycles. The van der Waals surface area contributed by atoms with Gasteiger partial charge in [0.2, 0.25) is 0 Å². The molecule has 0 radical (unpaired) electrons. The summed E-state index contributed by atoms with van der Waals surface area (Å²) in [6.45, 7) is 10.7. The number of hydrogen-bond donors (Lipinski definition) is 1. The van der Waals surface area contributed by atoms with Gasteiger partial charge >= 0.3 is 0 Å². The summed E-state index contributed by atoms with van der Waals surface area (Å²) in [7, 11) is 0. The third-order valence-corrected chi connectivity index (χ3v) is 4.67. The van der Waals surface area contributed by atoms with E-state index in [2.05, 4.69) is 23.6 Å². The minimum absolute atomic E-state index is 0.346. The maximum atomic E-state index is 6.37. The number of rotatable bonds is 3. The Balaban J connectivity index is 1.99. The van der Waals surface area contributed by atoms with Crippen molar-refractivity contribution < 1.29 is 0 Å². The van der Waals surface area contributed by atoms with Crippen molar-refractivity contribution in [1.29, 1.82) is 0 Å². The number of likely N-dealkylation sites (N-methyl/N-ethyl adjacent to an activating group) is 1. The van der Waals surface area contributed by atoms with E-state index in [0.29, 0.717) is 11.6 Å². The Labute approximate surface area is 100.0 Å². The van der Waals surface area contributed by atoms with Crippen molar-refractivity contribution in [1.82, 2.24) is 9.80 Å². The molecule has 2 saturated heterocycles. The standard InChI is InChI=1S/C13H27N3/c1-3-8-15-10-6-13(7-11-15)12(14)5-9-16(13)4-2/h12H,3-11,14H2,1-2H3. The molecule has 0 aromatic carbocycles. The van der Waals surface area contributed by atoms with Gasteiger partial charge in [-0.25, -0.2) is 0 Å². The van der Waals surface area contributed by atoms with Gasteiger partial charge in [0.25, 0.3) is 0 Å². The predicted molar refractivity (Wildman–Crippen MR) is 68.5 cm³/mol. The van der Waals surface area contributed by atoms with Gasteiger partial charge in [0.1, 0.15) is 0 Å². The van der Waals surface area contributed by atoms with Crippen LogP contribution < -0.4 is 5.73 Å². The molecule has 2 N–H and O–H groups in total. The fraction of sp³-hybridized carbons (Fsp3) is 1.00. The zero-order valence-electron chi connectivity index (χ0n) is 10.9. The van der Waals surface area contributed by atoms with Gasteiger partial charge in [-0.3, -0.25) is 4.90 Å². The van der Waals surface area contributed by atoms with Crippen LogP contribution in [-0.4, -0.2) is 54.1 Å². The first kappa shape index (κ1) is 12.3. The minimum atomic E-state index is 0.346. The van der Waals surface area contributed by atoms with E-state index in [0.717, 1.165) is 0 Å². The van der Waals surface area contributed by atoms with Crippen LogP contribution >= 0.6 is 0 Å². The van der Waals surface area contributed by atoms with Gasteiger partial charge in [-0.1, -0.05) is 13.8 Å². The molecular weight excluding hydrogens is 198 g/mol.